The summed E-state index contributed by atoms with van der Waals surface area (Å²) in [5, 5.41) is 2.64. The summed E-state index contributed by atoms with van der Waals surface area (Å²) in [6, 6.07) is 6.23. The van der Waals surface area contributed by atoms with E-state index in [9.17, 15) is 13.2 Å². The van der Waals surface area contributed by atoms with Gasteiger partial charge in [-0.2, -0.15) is 0 Å². The molecule has 6 nitrogen and oxygen atoms in total. The van der Waals surface area contributed by atoms with Crippen molar-refractivity contribution in [3.8, 4) is 0 Å². The lowest BCUT2D eigenvalue weighted by atomic mass is 10.2. The van der Waals surface area contributed by atoms with Gasteiger partial charge >= 0.3 is 0 Å². The Morgan fingerprint density at radius 3 is 2.35 bits per heavy atom. The smallest absolute Gasteiger partial charge is 0.262 e. The second-order valence-electron chi connectivity index (χ2n) is 4.85. The van der Waals surface area contributed by atoms with Gasteiger partial charge in [0.25, 0.3) is 10.0 Å². The van der Waals surface area contributed by atoms with Crippen LogP contribution in [0.25, 0.3) is 0 Å². The summed E-state index contributed by atoms with van der Waals surface area (Å²) in [7, 11) is -3.66. The molecule has 0 unspecified atom stereocenters. The Kier molecular flexibility index (Phi) is 6.12. The maximum Gasteiger partial charge on any atom is 0.262 e. The standard InChI is InChI=1S/C13H20N2O4S/c1-10(2)9-19-15-20(17,18)13-6-4-12(5-7-13)8-14-11(3)16/h4-7,10,15H,8-9H2,1-3H3,(H,14,16). The Hall–Kier alpha value is -1.44. The van der Waals surface area contributed by atoms with Gasteiger partial charge in [0.05, 0.1) is 11.5 Å². The molecule has 1 aromatic carbocycles. The fourth-order valence-corrected chi connectivity index (χ4v) is 2.15. The summed E-state index contributed by atoms with van der Waals surface area (Å²) in [5.74, 6) is 0.100. The maximum atomic E-state index is 11.9. The molecule has 2 N–H and O–H groups in total. The highest BCUT2D eigenvalue weighted by atomic mass is 32.2. The van der Waals surface area contributed by atoms with Gasteiger partial charge in [-0.25, -0.2) is 8.42 Å². The Morgan fingerprint density at radius 1 is 1.25 bits per heavy atom. The van der Waals surface area contributed by atoms with E-state index in [1.807, 2.05) is 13.8 Å². The van der Waals surface area contributed by atoms with Crippen molar-refractivity contribution >= 4 is 15.9 Å². The van der Waals surface area contributed by atoms with Crippen LogP contribution in [0.4, 0.5) is 0 Å². The molecule has 112 valence electrons. The van der Waals surface area contributed by atoms with Gasteiger partial charge in [-0.1, -0.05) is 30.9 Å². The van der Waals surface area contributed by atoms with E-state index < -0.39 is 10.0 Å². The molecule has 20 heavy (non-hydrogen) atoms. The maximum absolute atomic E-state index is 11.9. The van der Waals surface area contributed by atoms with Crippen molar-refractivity contribution in [2.45, 2.75) is 32.2 Å². The largest absolute Gasteiger partial charge is 0.352 e. The number of rotatable bonds is 7. The quantitative estimate of drug-likeness (QED) is 0.741. The fourth-order valence-electron chi connectivity index (χ4n) is 1.34. The molecule has 0 radical (unpaired) electrons. The van der Waals surface area contributed by atoms with E-state index in [1.54, 1.807) is 12.1 Å². The second kappa shape index (κ2) is 7.37. The highest BCUT2D eigenvalue weighted by Gasteiger charge is 2.14. The molecule has 0 fully saturated rings. The Bertz CT molecular complexity index is 538. The van der Waals surface area contributed by atoms with Crippen molar-refractivity contribution in [2.24, 2.45) is 5.92 Å². The molecule has 0 aliphatic rings. The van der Waals surface area contributed by atoms with Crippen molar-refractivity contribution in [3.05, 3.63) is 29.8 Å². The van der Waals surface area contributed by atoms with Gasteiger partial charge in [-0.05, 0) is 23.6 Å². The highest BCUT2D eigenvalue weighted by Crippen LogP contribution is 2.10. The van der Waals surface area contributed by atoms with Gasteiger partial charge in [0.1, 0.15) is 0 Å². The third kappa shape index (κ3) is 5.68. The van der Waals surface area contributed by atoms with Crippen molar-refractivity contribution < 1.29 is 18.0 Å². The van der Waals surface area contributed by atoms with E-state index >= 15 is 0 Å². The van der Waals surface area contributed by atoms with Crippen LogP contribution in [0.15, 0.2) is 29.2 Å². The minimum atomic E-state index is -3.66. The van der Waals surface area contributed by atoms with Crippen LogP contribution in [0, 0.1) is 5.92 Å². The van der Waals surface area contributed by atoms with Crippen LogP contribution >= 0.6 is 0 Å². The molecule has 1 rings (SSSR count). The first-order chi connectivity index (χ1) is 9.31. The molecular weight excluding hydrogens is 280 g/mol. The van der Waals surface area contributed by atoms with Gasteiger partial charge in [0.15, 0.2) is 0 Å². The summed E-state index contributed by atoms with van der Waals surface area (Å²) in [5.41, 5.74) is 0.822. The summed E-state index contributed by atoms with van der Waals surface area (Å²) >= 11 is 0. The van der Waals surface area contributed by atoms with Gasteiger partial charge in [0.2, 0.25) is 5.91 Å². The number of carbonyl (C=O) groups excluding carboxylic acids is 1. The molecule has 0 aromatic heterocycles. The van der Waals surface area contributed by atoms with E-state index in [-0.39, 0.29) is 16.7 Å². The van der Waals surface area contributed by atoms with Crippen LogP contribution in [0.5, 0.6) is 0 Å². The van der Waals surface area contributed by atoms with Crippen LogP contribution in [0.2, 0.25) is 0 Å². The predicted molar refractivity (Wildman–Crippen MR) is 75.1 cm³/mol. The third-order valence-electron chi connectivity index (χ3n) is 2.36. The predicted octanol–water partition coefficient (Wildman–Crippen LogP) is 1.19. The average Bonchev–Trinajstić information content (AvgIpc) is 2.36. The fraction of sp³-hybridized carbons (Fsp3) is 0.462. The van der Waals surface area contributed by atoms with Crippen LogP contribution in [0.3, 0.4) is 0 Å². The summed E-state index contributed by atoms with van der Waals surface area (Å²) in [6.07, 6.45) is 0. The number of benzene rings is 1. The molecule has 0 bridgehead atoms. The Morgan fingerprint density at radius 2 is 1.85 bits per heavy atom. The average molecular weight is 300 g/mol. The zero-order chi connectivity index (χ0) is 15.2. The molecule has 1 amide bonds. The number of sulfonamides is 1. The van der Waals surface area contributed by atoms with Crippen LogP contribution in [-0.2, 0) is 26.2 Å². The minimum Gasteiger partial charge on any atom is -0.352 e. The lowest BCUT2D eigenvalue weighted by molar-refractivity contribution is -0.119. The van der Waals surface area contributed by atoms with E-state index in [2.05, 4.69) is 10.2 Å². The third-order valence-corrected chi connectivity index (χ3v) is 3.59. The van der Waals surface area contributed by atoms with Crippen LogP contribution in [-0.4, -0.2) is 20.9 Å². The van der Waals surface area contributed by atoms with E-state index in [0.29, 0.717) is 13.2 Å². The number of nitrogens with one attached hydrogen (secondary N) is 2. The van der Waals surface area contributed by atoms with E-state index in [0.717, 1.165) is 5.56 Å². The van der Waals surface area contributed by atoms with E-state index in [1.165, 1.54) is 19.1 Å². The first-order valence-electron chi connectivity index (χ1n) is 6.28. The lowest BCUT2D eigenvalue weighted by Gasteiger charge is -2.09. The Balaban J connectivity index is 2.64. The molecule has 0 saturated carbocycles. The molecule has 0 spiro atoms. The molecular formula is C13H20N2O4S. The van der Waals surface area contributed by atoms with Crippen molar-refractivity contribution in [1.29, 1.82) is 0 Å². The summed E-state index contributed by atoms with van der Waals surface area (Å²) < 4.78 is 23.8. The molecule has 0 heterocycles. The Labute approximate surface area is 119 Å². The van der Waals surface area contributed by atoms with Gasteiger partial charge < -0.3 is 5.32 Å². The molecule has 0 atom stereocenters. The van der Waals surface area contributed by atoms with Gasteiger partial charge in [-0.15, -0.1) is 0 Å². The molecule has 7 heteroatoms. The number of hydrogen-bond donors (Lipinski definition) is 2. The normalized spacial score (nSPS) is 11.6. The van der Waals surface area contributed by atoms with Crippen molar-refractivity contribution in [2.75, 3.05) is 6.61 Å². The van der Waals surface area contributed by atoms with Crippen molar-refractivity contribution in [1.82, 2.24) is 10.2 Å². The molecule has 0 aliphatic carbocycles. The topological polar surface area (TPSA) is 84.5 Å². The second-order valence-corrected chi connectivity index (χ2v) is 6.49. The molecule has 1 aromatic rings. The van der Waals surface area contributed by atoms with Crippen molar-refractivity contribution in [3.63, 3.8) is 0 Å². The minimum absolute atomic E-state index is 0.118. The lowest BCUT2D eigenvalue weighted by Crippen LogP contribution is -2.26. The first-order valence-corrected chi connectivity index (χ1v) is 7.76. The number of hydrogen-bond acceptors (Lipinski definition) is 4. The van der Waals surface area contributed by atoms with Crippen LogP contribution in [0.1, 0.15) is 26.3 Å². The summed E-state index contributed by atoms with van der Waals surface area (Å²) in [4.78, 5) is 17.9. The number of carbonyl (C=O) groups is 1. The van der Waals surface area contributed by atoms with Gasteiger partial charge in [-0.3, -0.25) is 9.63 Å². The zero-order valence-electron chi connectivity index (χ0n) is 11.8. The molecule has 0 saturated heterocycles. The molecule has 0 aliphatic heterocycles. The summed E-state index contributed by atoms with van der Waals surface area (Å²) in [6.45, 7) is 5.94. The number of amides is 1. The monoisotopic (exact) mass is 300 g/mol. The highest BCUT2D eigenvalue weighted by molar-refractivity contribution is 7.89. The van der Waals surface area contributed by atoms with Crippen LogP contribution < -0.4 is 10.2 Å². The first kappa shape index (κ1) is 16.6. The zero-order valence-corrected chi connectivity index (χ0v) is 12.7. The van der Waals surface area contributed by atoms with E-state index in [4.69, 9.17) is 4.84 Å². The van der Waals surface area contributed by atoms with Gasteiger partial charge in [0, 0.05) is 13.5 Å². The SMILES string of the molecule is CC(=O)NCc1ccc(S(=O)(=O)NOCC(C)C)cc1.